The van der Waals surface area contributed by atoms with E-state index in [9.17, 15) is 4.39 Å². The van der Waals surface area contributed by atoms with Gasteiger partial charge in [-0.1, -0.05) is 22.0 Å². The standard InChI is InChI=1S/C15H11BrFNO/c1-10-6-13(16)3-5-15(10)19-9-11-2-4-14(17)12(7-11)8-18/h2-7H,9H2,1H3. The molecule has 0 saturated carbocycles. The van der Waals surface area contributed by atoms with E-state index in [0.717, 1.165) is 21.3 Å². The minimum Gasteiger partial charge on any atom is -0.489 e. The molecule has 0 radical (unpaired) electrons. The lowest BCUT2D eigenvalue weighted by atomic mass is 10.1. The third kappa shape index (κ3) is 3.33. The summed E-state index contributed by atoms with van der Waals surface area (Å²) >= 11 is 3.39. The number of aryl methyl sites for hydroxylation is 1. The van der Waals surface area contributed by atoms with Crippen LogP contribution in [0.2, 0.25) is 0 Å². The molecule has 96 valence electrons. The summed E-state index contributed by atoms with van der Waals surface area (Å²) in [6.07, 6.45) is 0. The Morgan fingerprint density at radius 3 is 2.74 bits per heavy atom. The van der Waals surface area contributed by atoms with Crippen molar-refractivity contribution in [2.45, 2.75) is 13.5 Å². The lowest BCUT2D eigenvalue weighted by molar-refractivity contribution is 0.304. The molecule has 2 rings (SSSR count). The molecule has 2 aromatic rings. The van der Waals surface area contributed by atoms with Crippen LogP contribution in [0, 0.1) is 24.1 Å². The summed E-state index contributed by atoms with van der Waals surface area (Å²) < 4.78 is 19.8. The molecule has 0 unspecified atom stereocenters. The van der Waals surface area contributed by atoms with Gasteiger partial charge in [-0.3, -0.25) is 0 Å². The van der Waals surface area contributed by atoms with Crippen LogP contribution in [0.3, 0.4) is 0 Å². The van der Waals surface area contributed by atoms with E-state index in [0.29, 0.717) is 6.61 Å². The largest absolute Gasteiger partial charge is 0.489 e. The van der Waals surface area contributed by atoms with Gasteiger partial charge in [0.1, 0.15) is 24.2 Å². The highest BCUT2D eigenvalue weighted by molar-refractivity contribution is 9.10. The summed E-state index contributed by atoms with van der Waals surface area (Å²) in [5, 5.41) is 8.77. The van der Waals surface area contributed by atoms with Gasteiger partial charge >= 0.3 is 0 Å². The molecule has 4 heteroatoms. The third-order valence-corrected chi connectivity index (χ3v) is 3.18. The highest BCUT2D eigenvalue weighted by atomic mass is 79.9. The van der Waals surface area contributed by atoms with E-state index in [4.69, 9.17) is 10.00 Å². The van der Waals surface area contributed by atoms with Crippen molar-refractivity contribution >= 4 is 15.9 Å². The van der Waals surface area contributed by atoms with Crippen molar-refractivity contribution in [1.82, 2.24) is 0 Å². The first-order chi connectivity index (χ1) is 9.10. The molecule has 0 saturated heterocycles. The van der Waals surface area contributed by atoms with Crippen LogP contribution < -0.4 is 4.74 Å². The fraction of sp³-hybridized carbons (Fsp3) is 0.133. The maximum atomic E-state index is 13.2. The molecule has 19 heavy (non-hydrogen) atoms. The van der Waals surface area contributed by atoms with E-state index in [-0.39, 0.29) is 5.56 Å². The van der Waals surface area contributed by atoms with E-state index in [1.807, 2.05) is 31.2 Å². The van der Waals surface area contributed by atoms with Gasteiger partial charge in [0.2, 0.25) is 0 Å². The third-order valence-electron chi connectivity index (χ3n) is 2.68. The Morgan fingerprint density at radius 1 is 1.26 bits per heavy atom. The molecule has 0 aliphatic heterocycles. The summed E-state index contributed by atoms with van der Waals surface area (Å²) in [6.45, 7) is 2.25. The number of nitriles is 1. The highest BCUT2D eigenvalue weighted by Gasteiger charge is 2.05. The average Bonchev–Trinajstić information content (AvgIpc) is 2.39. The molecular formula is C15H11BrFNO. The summed E-state index contributed by atoms with van der Waals surface area (Å²) in [5.74, 6) is 0.261. The molecule has 0 bridgehead atoms. The molecule has 2 nitrogen and oxygen atoms in total. The molecule has 0 spiro atoms. The normalized spacial score (nSPS) is 10.0. The topological polar surface area (TPSA) is 33.0 Å². The van der Waals surface area contributed by atoms with Crippen LogP contribution in [0.15, 0.2) is 40.9 Å². The molecular weight excluding hydrogens is 309 g/mol. The van der Waals surface area contributed by atoms with Crippen LogP contribution in [0.4, 0.5) is 4.39 Å². The average molecular weight is 320 g/mol. The van der Waals surface area contributed by atoms with Crippen molar-refractivity contribution in [3.63, 3.8) is 0 Å². The number of hydrogen-bond acceptors (Lipinski definition) is 2. The van der Waals surface area contributed by atoms with Crippen LogP contribution >= 0.6 is 15.9 Å². The summed E-state index contributed by atoms with van der Waals surface area (Å²) in [4.78, 5) is 0. The second-order valence-electron chi connectivity index (χ2n) is 4.12. The Morgan fingerprint density at radius 2 is 2.05 bits per heavy atom. The smallest absolute Gasteiger partial charge is 0.140 e. The van der Waals surface area contributed by atoms with E-state index in [2.05, 4.69) is 15.9 Å². The minimum atomic E-state index is -0.508. The van der Waals surface area contributed by atoms with Gasteiger partial charge in [-0.25, -0.2) is 4.39 Å². The summed E-state index contributed by atoms with van der Waals surface area (Å²) in [5.41, 5.74) is 1.81. The number of nitrogens with zero attached hydrogens (tertiary/aromatic N) is 1. The monoisotopic (exact) mass is 319 g/mol. The van der Waals surface area contributed by atoms with E-state index >= 15 is 0 Å². The molecule has 0 atom stereocenters. The van der Waals surface area contributed by atoms with Crippen molar-refractivity contribution in [2.24, 2.45) is 0 Å². The Labute approximate surface area is 119 Å². The van der Waals surface area contributed by atoms with Gasteiger partial charge in [-0.15, -0.1) is 0 Å². The van der Waals surface area contributed by atoms with Gasteiger partial charge in [-0.05, 0) is 48.4 Å². The van der Waals surface area contributed by atoms with Crippen molar-refractivity contribution in [3.05, 3.63) is 63.4 Å². The van der Waals surface area contributed by atoms with E-state index < -0.39 is 5.82 Å². The molecule has 2 aromatic carbocycles. The molecule has 0 fully saturated rings. The molecule has 0 heterocycles. The van der Waals surface area contributed by atoms with E-state index in [1.54, 1.807) is 6.07 Å². The predicted octanol–water partition coefficient (Wildman–Crippen LogP) is 4.35. The van der Waals surface area contributed by atoms with Crippen molar-refractivity contribution < 1.29 is 9.13 Å². The van der Waals surface area contributed by atoms with Crippen molar-refractivity contribution in [2.75, 3.05) is 0 Å². The van der Waals surface area contributed by atoms with Crippen LogP contribution in [-0.2, 0) is 6.61 Å². The second-order valence-corrected chi connectivity index (χ2v) is 5.04. The quantitative estimate of drug-likeness (QED) is 0.842. The lowest BCUT2D eigenvalue weighted by Crippen LogP contribution is -1.98. The zero-order valence-electron chi connectivity index (χ0n) is 10.3. The number of ether oxygens (including phenoxy) is 1. The van der Waals surface area contributed by atoms with Crippen LogP contribution in [0.1, 0.15) is 16.7 Å². The number of halogens is 2. The molecule has 0 amide bonds. The van der Waals surface area contributed by atoms with Crippen molar-refractivity contribution in [3.8, 4) is 11.8 Å². The van der Waals surface area contributed by atoms with Gasteiger partial charge in [0, 0.05) is 4.47 Å². The molecule has 0 N–H and O–H groups in total. The maximum absolute atomic E-state index is 13.2. The maximum Gasteiger partial charge on any atom is 0.140 e. The van der Waals surface area contributed by atoms with Gasteiger partial charge in [-0.2, -0.15) is 5.26 Å². The SMILES string of the molecule is Cc1cc(Br)ccc1OCc1ccc(F)c(C#N)c1. The Balaban J connectivity index is 2.13. The van der Waals surface area contributed by atoms with Gasteiger partial charge in [0.05, 0.1) is 5.56 Å². The Bertz CT molecular complexity index is 649. The van der Waals surface area contributed by atoms with Gasteiger partial charge < -0.3 is 4.74 Å². The van der Waals surface area contributed by atoms with Gasteiger partial charge in [0.15, 0.2) is 0 Å². The van der Waals surface area contributed by atoms with E-state index in [1.165, 1.54) is 12.1 Å². The van der Waals surface area contributed by atoms with Crippen LogP contribution in [0.25, 0.3) is 0 Å². The fourth-order valence-corrected chi connectivity index (χ4v) is 2.16. The fourth-order valence-electron chi connectivity index (χ4n) is 1.68. The molecule has 0 aromatic heterocycles. The van der Waals surface area contributed by atoms with Crippen molar-refractivity contribution in [1.29, 1.82) is 5.26 Å². The number of hydrogen-bond donors (Lipinski definition) is 0. The summed E-state index contributed by atoms with van der Waals surface area (Å²) in [7, 11) is 0. The first-order valence-electron chi connectivity index (χ1n) is 5.67. The number of benzene rings is 2. The highest BCUT2D eigenvalue weighted by Crippen LogP contribution is 2.23. The number of rotatable bonds is 3. The second kappa shape index (κ2) is 5.85. The first-order valence-corrected chi connectivity index (χ1v) is 6.47. The Kier molecular flexibility index (Phi) is 4.18. The van der Waals surface area contributed by atoms with Gasteiger partial charge in [0.25, 0.3) is 0 Å². The first kappa shape index (κ1) is 13.6. The zero-order chi connectivity index (χ0) is 13.8. The lowest BCUT2D eigenvalue weighted by Gasteiger charge is -2.09. The predicted molar refractivity (Wildman–Crippen MR) is 74.3 cm³/mol. The zero-order valence-corrected chi connectivity index (χ0v) is 11.9. The molecule has 0 aliphatic carbocycles. The van der Waals surface area contributed by atoms with Crippen LogP contribution in [0.5, 0.6) is 5.75 Å². The minimum absolute atomic E-state index is 0.0358. The summed E-state index contributed by atoms with van der Waals surface area (Å²) in [6, 6.07) is 11.9. The molecule has 0 aliphatic rings. The van der Waals surface area contributed by atoms with Crippen LogP contribution in [-0.4, -0.2) is 0 Å². The Hall–Kier alpha value is -1.86.